The van der Waals surface area contributed by atoms with Gasteiger partial charge in [0.25, 0.3) is 0 Å². The first-order chi connectivity index (χ1) is 13.8. The lowest BCUT2D eigenvalue weighted by molar-refractivity contribution is 0.127. The first-order valence-corrected chi connectivity index (χ1v) is 10.4. The van der Waals surface area contributed by atoms with Crippen molar-refractivity contribution in [1.29, 1.82) is 0 Å². The lowest BCUT2D eigenvalue weighted by atomic mass is 10.0. The lowest BCUT2D eigenvalue weighted by Gasteiger charge is -2.40. The Bertz CT molecular complexity index is 732. The van der Waals surface area contributed by atoms with Crippen molar-refractivity contribution in [1.82, 2.24) is 29.9 Å². The summed E-state index contributed by atoms with van der Waals surface area (Å²) in [4.78, 5) is 9.46. The molecule has 0 spiro atoms. The molecule has 28 heavy (non-hydrogen) atoms. The number of aromatic nitrogens is 3. The van der Waals surface area contributed by atoms with Gasteiger partial charge in [-0.15, -0.1) is 10.2 Å². The second-order valence-electron chi connectivity index (χ2n) is 7.13. The van der Waals surface area contributed by atoms with Gasteiger partial charge in [-0.1, -0.05) is 44.2 Å². The van der Waals surface area contributed by atoms with Crippen molar-refractivity contribution in [2.24, 2.45) is 4.99 Å². The molecule has 3 rings (SSSR count). The van der Waals surface area contributed by atoms with Crippen LogP contribution in [0.3, 0.4) is 0 Å². The number of aliphatic imine (C=N–C) groups is 1. The number of hydrogen-bond acceptors (Lipinski definition) is 4. The Balaban J connectivity index is 1.50. The Morgan fingerprint density at radius 2 is 1.89 bits per heavy atom. The molecule has 0 amide bonds. The fraction of sp³-hybridized carbons (Fsp3) is 0.571. The zero-order valence-electron chi connectivity index (χ0n) is 17.4. The van der Waals surface area contributed by atoms with Gasteiger partial charge in [0.15, 0.2) is 5.96 Å². The van der Waals surface area contributed by atoms with E-state index >= 15 is 0 Å². The third kappa shape index (κ3) is 4.90. The molecule has 152 valence electrons. The SMILES string of the molecule is CCc1nncn1CCNC(=NC)N1CCN(C(CC)c2ccccc2)CC1. The molecule has 1 aliphatic heterocycles. The Hall–Kier alpha value is -2.41. The Kier molecular flexibility index (Phi) is 7.42. The molecule has 1 fully saturated rings. The van der Waals surface area contributed by atoms with Gasteiger partial charge in [0.05, 0.1) is 0 Å². The summed E-state index contributed by atoms with van der Waals surface area (Å²) >= 11 is 0. The minimum Gasteiger partial charge on any atom is -0.354 e. The molecular formula is C21H33N7. The maximum atomic E-state index is 4.49. The number of hydrogen-bond donors (Lipinski definition) is 1. The second kappa shape index (κ2) is 10.2. The van der Waals surface area contributed by atoms with E-state index in [0.717, 1.165) is 63.9 Å². The molecule has 1 aromatic heterocycles. The highest BCUT2D eigenvalue weighted by molar-refractivity contribution is 5.79. The smallest absolute Gasteiger partial charge is 0.193 e. The highest BCUT2D eigenvalue weighted by Crippen LogP contribution is 2.25. The van der Waals surface area contributed by atoms with Crippen molar-refractivity contribution in [3.63, 3.8) is 0 Å². The molecule has 2 aromatic rings. The summed E-state index contributed by atoms with van der Waals surface area (Å²) in [5.74, 6) is 2.01. The molecule has 0 saturated carbocycles. The quantitative estimate of drug-likeness (QED) is 0.587. The van der Waals surface area contributed by atoms with Crippen LogP contribution in [0, 0.1) is 0 Å². The van der Waals surface area contributed by atoms with Gasteiger partial charge in [-0.2, -0.15) is 0 Å². The Morgan fingerprint density at radius 1 is 1.14 bits per heavy atom. The highest BCUT2D eigenvalue weighted by atomic mass is 15.4. The van der Waals surface area contributed by atoms with Crippen LogP contribution in [0.1, 0.15) is 37.7 Å². The van der Waals surface area contributed by atoms with Gasteiger partial charge in [0.2, 0.25) is 0 Å². The zero-order chi connectivity index (χ0) is 19.8. The van der Waals surface area contributed by atoms with Gasteiger partial charge in [0.1, 0.15) is 12.2 Å². The van der Waals surface area contributed by atoms with E-state index in [-0.39, 0.29) is 0 Å². The van der Waals surface area contributed by atoms with Crippen LogP contribution < -0.4 is 5.32 Å². The minimum absolute atomic E-state index is 0.500. The molecular weight excluding hydrogens is 350 g/mol. The normalized spacial score (nSPS) is 17.0. The summed E-state index contributed by atoms with van der Waals surface area (Å²) in [5.41, 5.74) is 1.42. The molecule has 1 aliphatic rings. The van der Waals surface area contributed by atoms with Crippen molar-refractivity contribution in [2.75, 3.05) is 39.8 Å². The number of benzene rings is 1. The predicted octanol–water partition coefficient (Wildman–Crippen LogP) is 2.18. The Labute approximate surface area is 168 Å². The molecule has 1 saturated heterocycles. The summed E-state index contributed by atoms with van der Waals surface area (Å²) in [6.07, 6.45) is 3.84. The van der Waals surface area contributed by atoms with Crippen LogP contribution in [0.15, 0.2) is 41.7 Å². The van der Waals surface area contributed by atoms with E-state index in [0.29, 0.717) is 6.04 Å². The molecule has 0 bridgehead atoms. The molecule has 2 heterocycles. The molecule has 1 unspecified atom stereocenters. The number of nitrogens with one attached hydrogen (secondary N) is 1. The summed E-state index contributed by atoms with van der Waals surface area (Å²) in [7, 11) is 1.86. The van der Waals surface area contributed by atoms with Crippen molar-refractivity contribution in [3.05, 3.63) is 48.0 Å². The standard InChI is InChI=1S/C21H33N7/c1-4-19(18-9-7-6-8-10-18)26-13-15-27(16-14-26)21(22-3)23-11-12-28-17-24-25-20(28)5-2/h6-10,17,19H,4-5,11-16H2,1-3H3,(H,22,23). The fourth-order valence-corrected chi connectivity index (χ4v) is 3.99. The zero-order valence-corrected chi connectivity index (χ0v) is 17.4. The highest BCUT2D eigenvalue weighted by Gasteiger charge is 2.25. The van der Waals surface area contributed by atoms with E-state index in [1.807, 2.05) is 7.05 Å². The van der Waals surface area contributed by atoms with Crippen LogP contribution in [0.2, 0.25) is 0 Å². The topological polar surface area (TPSA) is 61.6 Å². The number of aryl methyl sites for hydroxylation is 1. The molecule has 1 N–H and O–H groups in total. The molecule has 7 nitrogen and oxygen atoms in total. The average Bonchev–Trinajstić information content (AvgIpc) is 3.21. The Morgan fingerprint density at radius 3 is 2.54 bits per heavy atom. The third-order valence-electron chi connectivity index (χ3n) is 5.49. The summed E-state index contributed by atoms with van der Waals surface area (Å²) in [6, 6.07) is 11.4. The van der Waals surface area contributed by atoms with Gasteiger partial charge in [-0.3, -0.25) is 9.89 Å². The maximum Gasteiger partial charge on any atom is 0.193 e. The lowest BCUT2D eigenvalue weighted by Crippen LogP contribution is -2.53. The largest absolute Gasteiger partial charge is 0.354 e. The molecule has 0 aliphatic carbocycles. The first kappa shape index (κ1) is 20.3. The number of nitrogens with zero attached hydrogens (tertiary/aromatic N) is 6. The van der Waals surface area contributed by atoms with Crippen LogP contribution >= 0.6 is 0 Å². The number of piperazine rings is 1. The van der Waals surface area contributed by atoms with E-state index in [4.69, 9.17) is 0 Å². The van der Waals surface area contributed by atoms with Crippen LogP contribution in [0.4, 0.5) is 0 Å². The minimum atomic E-state index is 0.500. The number of guanidine groups is 1. The van der Waals surface area contributed by atoms with Crippen LogP contribution in [-0.4, -0.2) is 70.3 Å². The second-order valence-corrected chi connectivity index (χ2v) is 7.13. The summed E-state index contributed by atoms with van der Waals surface area (Å²) in [6.45, 7) is 10.1. The van der Waals surface area contributed by atoms with Crippen molar-refractivity contribution < 1.29 is 0 Å². The van der Waals surface area contributed by atoms with Gasteiger partial charge >= 0.3 is 0 Å². The van der Waals surface area contributed by atoms with Crippen LogP contribution in [0.25, 0.3) is 0 Å². The van der Waals surface area contributed by atoms with Crippen molar-refractivity contribution in [3.8, 4) is 0 Å². The van der Waals surface area contributed by atoms with E-state index < -0.39 is 0 Å². The van der Waals surface area contributed by atoms with E-state index in [9.17, 15) is 0 Å². The third-order valence-corrected chi connectivity index (χ3v) is 5.49. The monoisotopic (exact) mass is 383 g/mol. The van der Waals surface area contributed by atoms with Gasteiger partial charge in [0, 0.05) is 58.8 Å². The molecule has 0 radical (unpaired) electrons. The summed E-state index contributed by atoms with van der Waals surface area (Å²) in [5, 5.41) is 11.6. The first-order valence-electron chi connectivity index (χ1n) is 10.4. The maximum absolute atomic E-state index is 4.49. The number of rotatable bonds is 7. The van der Waals surface area contributed by atoms with E-state index in [1.54, 1.807) is 6.33 Å². The predicted molar refractivity (Wildman–Crippen MR) is 113 cm³/mol. The van der Waals surface area contributed by atoms with E-state index in [2.05, 4.69) is 79.1 Å². The molecule has 1 aromatic carbocycles. The van der Waals surface area contributed by atoms with E-state index in [1.165, 1.54) is 5.56 Å². The van der Waals surface area contributed by atoms with Crippen molar-refractivity contribution >= 4 is 5.96 Å². The molecule has 7 heteroatoms. The average molecular weight is 384 g/mol. The van der Waals surface area contributed by atoms with Crippen LogP contribution in [0.5, 0.6) is 0 Å². The van der Waals surface area contributed by atoms with Gasteiger partial charge in [-0.25, -0.2) is 0 Å². The van der Waals surface area contributed by atoms with Gasteiger partial charge < -0.3 is 14.8 Å². The fourth-order valence-electron chi connectivity index (χ4n) is 3.99. The van der Waals surface area contributed by atoms with Crippen LogP contribution in [-0.2, 0) is 13.0 Å². The van der Waals surface area contributed by atoms with Gasteiger partial charge in [-0.05, 0) is 12.0 Å². The molecule has 1 atom stereocenters. The summed E-state index contributed by atoms with van der Waals surface area (Å²) < 4.78 is 2.10. The van der Waals surface area contributed by atoms with Crippen molar-refractivity contribution in [2.45, 2.75) is 39.3 Å².